The molecule has 5 nitrogen and oxygen atoms in total. The van der Waals surface area contributed by atoms with Gasteiger partial charge in [0.25, 0.3) is 0 Å². The van der Waals surface area contributed by atoms with Crippen LogP contribution in [0.4, 0.5) is 10.2 Å². The van der Waals surface area contributed by atoms with E-state index in [9.17, 15) is 9.18 Å². The van der Waals surface area contributed by atoms with Crippen molar-refractivity contribution in [1.82, 2.24) is 14.8 Å². The molecule has 3 heterocycles. The first-order valence-electron chi connectivity index (χ1n) is 8.03. The van der Waals surface area contributed by atoms with Crippen LogP contribution in [0.15, 0.2) is 18.2 Å². The summed E-state index contributed by atoms with van der Waals surface area (Å²) in [5, 5.41) is 0. The van der Waals surface area contributed by atoms with E-state index in [-0.39, 0.29) is 11.9 Å². The first-order chi connectivity index (χ1) is 10.6. The minimum Gasteiger partial charge on any atom is -0.351 e. The lowest BCUT2D eigenvalue weighted by molar-refractivity contribution is -0.127. The Hall–Kier alpha value is -1.69. The van der Waals surface area contributed by atoms with Gasteiger partial charge in [-0.15, -0.1) is 0 Å². The smallest absolute Gasteiger partial charge is 0.222 e. The van der Waals surface area contributed by atoms with Crippen LogP contribution in [0.25, 0.3) is 0 Å². The van der Waals surface area contributed by atoms with Crippen LogP contribution in [0, 0.1) is 5.95 Å². The van der Waals surface area contributed by atoms with Gasteiger partial charge in [0.1, 0.15) is 5.82 Å². The number of nitrogens with zero attached hydrogens (tertiary/aromatic N) is 4. The van der Waals surface area contributed by atoms with E-state index in [4.69, 9.17) is 0 Å². The fraction of sp³-hybridized carbons (Fsp3) is 0.625. The van der Waals surface area contributed by atoms with E-state index in [1.165, 1.54) is 6.07 Å². The Kier molecular flexibility index (Phi) is 4.57. The van der Waals surface area contributed by atoms with Crippen molar-refractivity contribution in [1.29, 1.82) is 0 Å². The Morgan fingerprint density at radius 2 is 2.14 bits per heavy atom. The maximum Gasteiger partial charge on any atom is 0.222 e. The number of pyridine rings is 1. The molecule has 2 aliphatic heterocycles. The Morgan fingerprint density at radius 3 is 2.82 bits per heavy atom. The highest BCUT2D eigenvalue weighted by atomic mass is 19.1. The van der Waals surface area contributed by atoms with Crippen molar-refractivity contribution in [3.8, 4) is 0 Å². The summed E-state index contributed by atoms with van der Waals surface area (Å²) in [5.74, 6) is 0.567. The Labute approximate surface area is 130 Å². The summed E-state index contributed by atoms with van der Waals surface area (Å²) in [6.07, 6.45) is 1.70. The molecular weight excluding hydrogens is 283 g/mol. The summed E-state index contributed by atoms with van der Waals surface area (Å²) in [6.45, 7) is 7.46. The van der Waals surface area contributed by atoms with Crippen molar-refractivity contribution >= 4 is 11.7 Å². The van der Waals surface area contributed by atoms with Crippen molar-refractivity contribution in [2.75, 3.05) is 44.2 Å². The highest BCUT2D eigenvalue weighted by molar-refractivity contribution is 5.78. The van der Waals surface area contributed by atoms with E-state index in [2.05, 4.69) is 21.7 Å². The third kappa shape index (κ3) is 3.38. The zero-order valence-electron chi connectivity index (χ0n) is 13.0. The quantitative estimate of drug-likeness (QED) is 0.787. The number of rotatable bonds is 4. The largest absolute Gasteiger partial charge is 0.351 e. The molecular formula is C16H23FN4O. The zero-order chi connectivity index (χ0) is 15.5. The lowest BCUT2D eigenvalue weighted by atomic mass is 10.2. The zero-order valence-corrected chi connectivity index (χ0v) is 13.0. The van der Waals surface area contributed by atoms with E-state index in [0.717, 1.165) is 45.7 Å². The molecule has 0 aliphatic carbocycles. The lowest BCUT2D eigenvalue weighted by Crippen LogP contribution is -2.53. The van der Waals surface area contributed by atoms with E-state index in [1.807, 2.05) is 11.0 Å². The molecule has 1 aromatic rings. The van der Waals surface area contributed by atoms with Gasteiger partial charge in [0.05, 0.1) is 0 Å². The number of likely N-dealkylation sites (tertiary alicyclic amines) is 1. The van der Waals surface area contributed by atoms with Gasteiger partial charge in [-0.3, -0.25) is 9.69 Å². The Balaban J connectivity index is 1.52. The maximum absolute atomic E-state index is 13.3. The van der Waals surface area contributed by atoms with E-state index >= 15 is 0 Å². The van der Waals surface area contributed by atoms with Gasteiger partial charge in [0.15, 0.2) is 0 Å². The molecule has 0 aromatic carbocycles. The van der Waals surface area contributed by atoms with Crippen LogP contribution in [-0.2, 0) is 4.79 Å². The highest BCUT2D eigenvalue weighted by Crippen LogP contribution is 2.18. The second-order valence-electron chi connectivity index (χ2n) is 6.15. The normalized spacial score (nSPS) is 23.4. The summed E-state index contributed by atoms with van der Waals surface area (Å²) in [4.78, 5) is 22.1. The number of aromatic nitrogens is 1. The minimum atomic E-state index is -0.431. The molecule has 0 spiro atoms. The molecule has 3 rings (SSSR count). The van der Waals surface area contributed by atoms with Crippen LogP contribution in [-0.4, -0.2) is 66.0 Å². The van der Waals surface area contributed by atoms with Gasteiger partial charge >= 0.3 is 0 Å². The summed E-state index contributed by atoms with van der Waals surface area (Å²) in [5.41, 5.74) is 0. The number of hydrogen-bond donors (Lipinski definition) is 0. The predicted octanol–water partition coefficient (Wildman–Crippen LogP) is 1.35. The van der Waals surface area contributed by atoms with Crippen LogP contribution >= 0.6 is 0 Å². The van der Waals surface area contributed by atoms with E-state index < -0.39 is 5.95 Å². The molecule has 1 unspecified atom stereocenters. The van der Waals surface area contributed by atoms with Crippen molar-refractivity contribution in [3.63, 3.8) is 0 Å². The minimum absolute atomic E-state index is 0.288. The van der Waals surface area contributed by atoms with Gasteiger partial charge in [-0.25, -0.2) is 4.98 Å². The molecule has 0 N–H and O–H groups in total. The van der Waals surface area contributed by atoms with E-state index in [1.54, 1.807) is 6.07 Å². The molecule has 22 heavy (non-hydrogen) atoms. The molecule has 1 amide bonds. The molecule has 0 saturated carbocycles. The second kappa shape index (κ2) is 6.60. The van der Waals surface area contributed by atoms with Crippen LogP contribution in [0.5, 0.6) is 0 Å². The standard InChI is InChI=1S/C16H23FN4O/c1-13-12-19(8-10-20-7-3-6-16(20)22)9-11-21(13)15-5-2-4-14(17)18-15/h2,4-5,13H,3,6-12H2,1H3. The van der Waals surface area contributed by atoms with Crippen molar-refractivity contribution in [3.05, 3.63) is 24.1 Å². The number of amides is 1. The SMILES string of the molecule is CC1CN(CCN2CCCC2=O)CCN1c1cccc(F)n1. The summed E-state index contributed by atoms with van der Waals surface area (Å²) < 4.78 is 13.3. The number of carbonyl (C=O) groups excluding carboxylic acids is 1. The first-order valence-corrected chi connectivity index (χ1v) is 8.03. The molecule has 1 atom stereocenters. The molecule has 0 bridgehead atoms. The van der Waals surface area contributed by atoms with Gasteiger partial charge in [0.2, 0.25) is 11.9 Å². The summed E-state index contributed by atoms with van der Waals surface area (Å²) >= 11 is 0. The number of piperazine rings is 1. The van der Waals surface area contributed by atoms with Crippen LogP contribution < -0.4 is 4.90 Å². The van der Waals surface area contributed by atoms with E-state index in [0.29, 0.717) is 12.2 Å². The number of halogens is 1. The topological polar surface area (TPSA) is 39.7 Å². The molecule has 2 fully saturated rings. The Morgan fingerprint density at radius 1 is 1.27 bits per heavy atom. The average Bonchev–Trinajstić information content (AvgIpc) is 2.90. The van der Waals surface area contributed by atoms with Gasteiger partial charge in [-0.2, -0.15) is 4.39 Å². The van der Waals surface area contributed by atoms with Gasteiger partial charge < -0.3 is 9.80 Å². The molecule has 120 valence electrons. The molecule has 0 radical (unpaired) electrons. The second-order valence-corrected chi connectivity index (χ2v) is 6.15. The number of anilines is 1. The van der Waals surface area contributed by atoms with Crippen LogP contribution in [0.2, 0.25) is 0 Å². The van der Waals surface area contributed by atoms with Crippen molar-refractivity contribution in [2.45, 2.75) is 25.8 Å². The fourth-order valence-corrected chi connectivity index (χ4v) is 3.34. The van der Waals surface area contributed by atoms with Crippen molar-refractivity contribution in [2.24, 2.45) is 0 Å². The third-order valence-electron chi connectivity index (χ3n) is 4.56. The van der Waals surface area contributed by atoms with Gasteiger partial charge in [-0.05, 0) is 25.5 Å². The lowest BCUT2D eigenvalue weighted by Gasteiger charge is -2.41. The third-order valence-corrected chi connectivity index (χ3v) is 4.56. The number of carbonyl (C=O) groups is 1. The Bertz CT molecular complexity index is 539. The summed E-state index contributed by atoms with van der Waals surface area (Å²) in [7, 11) is 0. The molecule has 6 heteroatoms. The van der Waals surface area contributed by atoms with Crippen LogP contribution in [0.3, 0.4) is 0 Å². The fourth-order valence-electron chi connectivity index (χ4n) is 3.34. The molecule has 1 aromatic heterocycles. The monoisotopic (exact) mass is 306 g/mol. The van der Waals surface area contributed by atoms with Gasteiger partial charge in [-0.1, -0.05) is 6.07 Å². The summed E-state index contributed by atoms with van der Waals surface area (Å²) in [6, 6.07) is 5.23. The van der Waals surface area contributed by atoms with Crippen LogP contribution in [0.1, 0.15) is 19.8 Å². The van der Waals surface area contributed by atoms with Crippen molar-refractivity contribution < 1.29 is 9.18 Å². The molecule has 2 saturated heterocycles. The number of hydrogen-bond acceptors (Lipinski definition) is 4. The predicted molar refractivity (Wildman–Crippen MR) is 83.3 cm³/mol. The highest BCUT2D eigenvalue weighted by Gasteiger charge is 2.26. The first kappa shape index (κ1) is 15.2. The molecule has 2 aliphatic rings. The van der Waals surface area contributed by atoms with Gasteiger partial charge in [0, 0.05) is 51.7 Å². The maximum atomic E-state index is 13.3. The average molecular weight is 306 g/mol.